The van der Waals surface area contributed by atoms with Crippen LogP contribution in [0, 0.1) is 0 Å². The molecule has 28 heavy (non-hydrogen) atoms. The van der Waals surface area contributed by atoms with E-state index in [1.165, 1.54) is 19.2 Å². The quantitative estimate of drug-likeness (QED) is 0.671. The molecule has 0 radical (unpaired) electrons. The van der Waals surface area contributed by atoms with Crippen molar-refractivity contribution < 1.29 is 27.4 Å². The minimum atomic E-state index is -4.43. The van der Waals surface area contributed by atoms with Gasteiger partial charge in [-0.1, -0.05) is 12.1 Å². The number of aromatic nitrogens is 3. The number of hydrogen-bond acceptors (Lipinski definition) is 5. The van der Waals surface area contributed by atoms with Crippen LogP contribution in [0.15, 0.2) is 42.5 Å². The van der Waals surface area contributed by atoms with Crippen LogP contribution in [0.5, 0.6) is 11.5 Å². The van der Waals surface area contributed by atoms with Gasteiger partial charge in [-0.2, -0.15) is 28.6 Å². The molecule has 3 rings (SSSR count). The Morgan fingerprint density at radius 1 is 1.14 bits per heavy atom. The number of primary amides is 1. The number of carbonyl (C=O) groups is 1. The number of rotatable bonds is 6. The summed E-state index contributed by atoms with van der Waals surface area (Å²) in [6.45, 7) is -0.0872. The zero-order chi connectivity index (χ0) is 20.3. The van der Waals surface area contributed by atoms with Gasteiger partial charge < -0.3 is 15.2 Å². The molecule has 0 fully saturated rings. The molecule has 0 aliphatic heterocycles. The molecule has 3 N–H and O–H groups in total. The van der Waals surface area contributed by atoms with Crippen molar-refractivity contribution in [2.24, 2.45) is 5.73 Å². The Morgan fingerprint density at radius 3 is 2.61 bits per heavy atom. The number of alkyl halides is 3. The first-order valence-electron chi connectivity index (χ1n) is 7.97. The predicted octanol–water partition coefficient (Wildman–Crippen LogP) is 3.18. The fourth-order valence-corrected chi connectivity index (χ4v) is 2.54. The minimum Gasteiger partial charge on any atom is -0.493 e. The average Bonchev–Trinajstić information content (AvgIpc) is 3.16. The Morgan fingerprint density at radius 2 is 1.93 bits per heavy atom. The lowest BCUT2D eigenvalue weighted by Gasteiger charge is -2.13. The van der Waals surface area contributed by atoms with Crippen LogP contribution >= 0.6 is 0 Å². The van der Waals surface area contributed by atoms with Gasteiger partial charge in [0.25, 0.3) is 5.91 Å². The van der Waals surface area contributed by atoms with Gasteiger partial charge in [0.05, 0.1) is 12.7 Å². The van der Waals surface area contributed by atoms with Crippen LogP contribution in [0.25, 0.3) is 11.3 Å². The van der Waals surface area contributed by atoms with Gasteiger partial charge in [-0.05, 0) is 35.9 Å². The van der Waals surface area contributed by atoms with Crippen LogP contribution in [0.1, 0.15) is 21.6 Å². The lowest BCUT2D eigenvalue weighted by molar-refractivity contribution is -0.137. The molecular formula is C18H15F3N4O3. The van der Waals surface area contributed by atoms with E-state index in [4.69, 9.17) is 15.2 Å². The lowest BCUT2D eigenvalue weighted by Crippen LogP contribution is -2.12. The van der Waals surface area contributed by atoms with Crippen molar-refractivity contribution in [1.82, 2.24) is 15.4 Å². The second-order valence-corrected chi connectivity index (χ2v) is 5.74. The summed E-state index contributed by atoms with van der Waals surface area (Å²) >= 11 is 0. The molecule has 0 unspecified atom stereocenters. The summed E-state index contributed by atoms with van der Waals surface area (Å²) in [7, 11) is 1.41. The SMILES string of the molecule is COc1cc(-c2n[nH]nc2C(N)=O)ccc1OCc1cccc(C(F)(F)F)c1. The first-order valence-corrected chi connectivity index (χ1v) is 7.97. The number of nitrogens with two attached hydrogens (primary N) is 1. The number of H-pyrrole nitrogens is 1. The molecule has 0 aliphatic rings. The number of carbonyl (C=O) groups excluding carboxylic acids is 1. The highest BCUT2D eigenvalue weighted by atomic mass is 19.4. The Bertz CT molecular complexity index is 1000. The van der Waals surface area contributed by atoms with Gasteiger partial charge in [0.2, 0.25) is 0 Å². The van der Waals surface area contributed by atoms with Crippen LogP contribution in [0.3, 0.4) is 0 Å². The van der Waals surface area contributed by atoms with Gasteiger partial charge >= 0.3 is 6.18 Å². The van der Waals surface area contributed by atoms with Gasteiger partial charge in [-0.25, -0.2) is 0 Å². The van der Waals surface area contributed by atoms with E-state index in [1.807, 2.05) is 0 Å². The van der Waals surface area contributed by atoms with Gasteiger partial charge in [-0.3, -0.25) is 4.79 Å². The number of benzene rings is 2. The van der Waals surface area contributed by atoms with Crippen molar-refractivity contribution >= 4 is 5.91 Å². The molecule has 7 nitrogen and oxygen atoms in total. The average molecular weight is 392 g/mol. The van der Waals surface area contributed by atoms with Crippen molar-refractivity contribution in [1.29, 1.82) is 0 Å². The highest BCUT2D eigenvalue weighted by molar-refractivity contribution is 5.96. The number of ether oxygens (including phenoxy) is 2. The van der Waals surface area contributed by atoms with E-state index in [-0.39, 0.29) is 18.0 Å². The van der Waals surface area contributed by atoms with E-state index in [0.717, 1.165) is 12.1 Å². The summed E-state index contributed by atoms with van der Waals surface area (Å²) < 4.78 is 49.3. The highest BCUT2D eigenvalue weighted by Crippen LogP contribution is 2.34. The lowest BCUT2D eigenvalue weighted by atomic mass is 10.1. The maximum Gasteiger partial charge on any atom is 0.416 e. The summed E-state index contributed by atoms with van der Waals surface area (Å²) in [6, 6.07) is 9.59. The van der Waals surface area contributed by atoms with Gasteiger partial charge in [0, 0.05) is 5.56 Å². The number of hydrogen-bond donors (Lipinski definition) is 2. The van der Waals surface area contributed by atoms with Crippen molar-refractivity contribution in [3.63, 3.8) is 0 Å². The van der Waals surface area contributed by atoms with Gasteiger partial charge in [0.15, 0.2) is 17.2 Å². The van der Waals surface area contributed by atoms with E-state index >= 15 is 0 Å². The third-order valence-electron chi connectivity index (χ3n) is 3.87. The maximum atomic E-state index is 12.8. The second kappa shape index (κ2) is 7.59. The molecule has 10 heteroatoms. The first-order chi connectivity index (χ1) is 13.3. The smallest absolute Gasteiger partial charge is 0.416 e. The van der Waals surface area contributed by atoms with E-state index < -0.39 is 17.6 Å². The van der Waals surface area contributed by atoms with Crippen LogP contribution in [-0.4, -0.2) is 28.4 Å². The third-order valence-corrected chi connectivity index (χ3v) is 3.87. The van der Waals surface area contributed by atoms with Crippen LogP contribution in [0.2, 0.25) is 0 Å². The Balaban J connectivity index is 1.82. The first kappa shape index (κ1) is 19.2. The second-order valence-electron chi connectivity index (χ2n) is 5.74. The number of methoxy groups -OCH3 is 1. The monoisotopic (exact) mass is 392 g/mol. The summed E-state index contributed by atoms with van der Waals surface area (Å²) in [5.74, 6) is -0.122. The fourth-order valence-electron chi connectivity index (χ4n) is 2.54. The fraction of sp³-hybridized carbons (Fsp3) is 0.167. The molecule has 146 valence electrons. The molecule has 0 aliphatic carbocycles. The van der Waals surface area contributed by atoms with Gasteiger partial charge in [0.1, 0.15) is 12.3 Å². The predicted molar refractivity (Wildman–Crippen MR) is 92.7 cm³/mol. The summed E-state index contributed by atoms with van der Waals surface area (Å²) in [5, 5.41) is 9.93. The van der Waals surface area contributed by atoms with Crippen LogP contribution in [-0.2, 0) is 12.8 Å². The molecule has 3 aromatic rings. The van der Waals surface area contributed by atoms with Crippen molar-refractivity contribution in [3.8, 4) is 22.8 Å². The zero-order valence-electron chi connectivity index (χ0n) is 14.6. The number of amides is 1. The molecule has 1 heterocycles. The van der Waals surface area contributed by atoms with Gasteiger partial charge in [-0.15, -0.1) is 0 Å². The van der Waals surface area contributed by atoms with Crippen LogP contribution < -0.4 is 15.2 Å². The van der Waals surface area contributed by atoms with E-state index in [1.54, 1.807) is 18.2 Å². The minimum absolute atomic E-state index is 0.0281. The van der Waals surface area contributed by atoms with Crippen molar-refractivity contribution in [2.45, 2.75) is 12.8 Å². The largest absolute Gasteiger partial charge is 0.493 e. The maximum absolute atomic E-state index is 12.8. The van der Waals surface area contributed by atoms with E-state index in [0.29, 0.717) is 22.6 Å². The zero-order valence-corrected chi connectivity index (χ0v) is 14.6. The number of aromatic amines is 1. The Kier molecular flexibility index (Phi) is 5.21. The molecule has 0 bridgehead atoms. The summed E-state index contributed by atoms with van der Waals surface area (Å²) in [4.78, 5) is 11.4. The topological polar surface area (TPSA) is 103 Å². The Hall–Kier alpha value is -3.56. The van der Waals surface area contributed by atoms with E-state index in [2.05, 4.69) is 15.4 Å². The highest BCUT2D eigenvalue weighted by Gasteiger charge is 2.30. The molecule has 0 saturated heterocycles. The molecule has 1 amide bonds. The summed E-state index contributed by atoms with van der Waals surface area (Å²) in [6.07, 6.45) is -4.43. The Labute approximate surface area is 157 Å². The molecular weight excluding hydrogens is 377 g/mol. The third kappa shape index (κ3) is 4.05. The normalized spacial score (nSPS) is 11.3. The molecule has 0 spiro atoms. The number of nitrogens with zero attached hydrogens (tertiary/aromatic N) is 2. The van der Waals surface area contributed by atoms with Crippen molar-refractivity contribution in [3.05, 3.63) is 59.3 Å². The molecule has 1 aromatic heterocycles. The number of halogens is 3. The standard InChI is InChI=1S/C18H15F3N4O3/c1-27-14-8-11(15-16(17(22)26)24-25-23-15)5-6-13(14)28-9-10-3-2-4-12(7-10)18(19,20)21/h2-8H,9H2,1H3,(H2,22,26)(H,23,24,25). The summed E-state index contributed by atoms with van der Waals surface area (Å²) in [5.41, 5.74) is 5.58. The van der Waals surface area contributed by atoms with Crippen molar-refractivity contribution in [2.75, 3.05) is 7.11 Å². The van der Waals surface area contributed by atoms with E-state index in [9.17, 15) is 18.0 Å². The molecule has 0 saturated carbocycles. The molecule has 0 atom stereocenters. The van der Waals surface area contributed by atoms with Crippen LogP contribution in [0.4, 0.5) is 13.2 Å². The number of nitrogens with one attached hydrogen (secondary N) is 1. The molecule has 2 aromatic carbocycles.